The van der Waals surface area contributed by atoms with Crippen LogP contribution in [0.25, 0.3) is 0 Å². The van der Waals surface area contributed by atoms with Gasteiger partial charge in [0.1, 0.15) is 0 Å². The first kappa shape index (κ1) is 14.6. The molecule has 1 rings (SSSR count). The van der Waals surface area contributed by atoms with E-state index in [9.17, 15) is 4.79 Å². The van der Waals surface area contributed by atoms with Crippen LogP contribution in [0, 0.1) is 5.92 Å². The molecule has 0 saturated heterocycles. The molecular formula is C13H18BrNOS. The minimum Gasteiger partial charge on any atom is -0.349 e. The van der Waals surface area contributed by atoms with Crippen LogP contribution in [0.3, 0.4) is 0 Å². The molecule has 0 aliphatic heterocycles. The maximum atomic E-state index is 12.0. The number of halogens is 1. The fourth-order valence-corrected chi connectivity index (χ4v) is 2.33. The molecule has 4 heteroatoms. The van der Waals surface area contributed by atoms with E-state index in [1.807, 2.05) is 19.1 Å². The summed E-state index contributed by atoms with van der Waals surface area (Å²) in [4.78, 5) is 12.7. The van der Waals surface area contributed by atoms with Gasteiger partial charge in [0.25, 0.3) is 5.91 Å². The number of hydrogen-bond acceptors (Lipinski definition) is 2. The lowest BCUT2D eigenvalue weighted by Gasteiger charge is -2.20. The van der Waals surface area contributed by atoms with E-state index in [4.69, 9.17) is 0 Å². The van der Waals surface area contributed by atoms with E-state index < -0.39 is 0 Å². The third kappa shape index (κ3) is 4.03. The molecule has 1 N–H and O–H groups in total. The average Bonchev–Trinajstić information content (AvgIpc) is 2.27. The van der Waals surface area contributed by atoms with Crippen molar-refractivity contribution >= 4 is 34.5 Å². The first-order valence-corrected chi connectivity index (χ1v) is 6.99. The van der Waals surface area contributed by atoms with Crippen molar-refractivity contribution < 1.29 is 4.79 Å². The van der Waals surface area contributed by atoms with Crippen LogP contribution in [0.4, 0.5) is 0 Å². The Hall–Kier alpha value is -0.480. The van der Waals surface area contributed by atoms with Gasteiger partial charge in [0.15, 0.2) is 0 Å². The number of rotatable bonds is 4. The zero-order valence-electron chi connectivity index (χ0n) is 10.3. The van der Waals surface area contributed by atoms with Crippen LogP contribution >= 0.6 is 28.6 Å². The van der Waals surface area contributed by atoms with Crippen LogP contribution in [-0.4, -0.2) is 11.9 Å². The standard InChI is InChI=1S/C13H18BrNOS/c1-4-8(2)9(3)15-13(16)11-6-5-10(14)7-12(11)17/h5-9,17H,4H2,1-3H3,(H,15,16). The molecule has 0 aliphatic rings. The van der Waals surface area contributed by atoms with Gasteiger partial charge in [0.2, 0.25) is 0 Å². The summed E-state index contributed by atoms with van der Waals surface area (Å²) in [6.07, 6.45) is 1.05. The maximum Gasteiger partial charge on any atom is 0.252 e. The zero-order valence-corrected chi connectivity index (χ0v) is 12.8. The lowest BCUT2D eigenvalue weighted by molar-refractivity contribution is 0.0925. The number of hydrogen-bond donors (Lipinski definition) is 2. The predicted octanol–water partition coefficient (Wildman–Crippen LogP) is 3.90. The van der Waals surface area contributed by atoms with Crippen LogP contribution < -0.4 is 5.32 Å². The lowest BCUT2D eigenvalue weighted by Crippen LogP contribution is -2.37. The molecule has 2 nitrogen and oxygen atoms in total. The van der Waals surface area contributed by atoms with E-state index in [2.05, 4.69) is 47.7 Å². The molecule has 94 valence electrons. The van der Waals surface area contributed by atoms with Crippen molar-refractivity contribution in [1.29, 1.82) is 0 Å². The Bertz CT molecular complexity index is 408. The van der Waals surface area contributed by atoms with Crippen LogP contribution in [0.15, 0.2) is 27.6 Å². The van der Waals surface area contributed by atoms with E-state index in [1.54, 1.807) is 6.07 Å². The molecule has 1 amide bonds. The van der Waals surface area contributed by atoms with E-state index in [-0.39, 0.29) is 11.9 Å². The largest absolute Gasteiger partial charge is 0.349 e. The molecule has 17 heavy (non-hydrogen) atoms. The molecule has 2 atom stereocenters. The summed E-state index contributed by atoms with van der Waals surface area (Å²) in [6, 6.07) is 5.63. The first-order valence-electron chi connectivity index (χ1n) is 5.75. The third-order valence-corrected chi connectivity index (χ3v) is 3.92. The summed E-state index contributed by atoms with van der Waals surface area (Å²) in [6.45, 7) is 6.29. The molecule has 0 saturated carbocycles. The molecule has 0 fully saturated rings. The van der Waals surface area contributed by atoms with Gasteiger partial charge < -0.3 is 5.32 Å². The Kier molecular flexibility index (Phi) is 5.53. The minimum atomic E-state index is -0.0599. The topological polar surface area (TPSA) is 29.1 Å². The molecular weight excluding hydrogens is 298 g/mol. The van der Waals surface area contributed by atoms with Crippen LogP contribution in [0.2, 0.25) is 0 Å². The van der Waals surface area contributed by atoms with Crippen molar-refractivity contribution in [3.05, 3.63) is 28.2 Å². The van der Waals surface area contributed by atoms with E-state index >= 15 is 0 Å². The van der Waals surface area contributed by atoms with Gasteiger partial charge in [0, 0.05) is 15.4 Å². The second-order valence-corrected chi connectivity index (χ2v) is 5.71. The third-order valence-electron chi connectivity index (χ3n) is 3.06. The second-order valence-electron chi connectivity index (χ2n) is 4.31. The molecule has 0 aromatic heterocycles. The van der Waals surface area contributed by atoms with Gasteiger partial charge >= 0.3 is 0 Å². The van der Waals surface area contributed by atoms with Crippen LogP contribution in [-0.2, 0) is 0 Å². The molecule has 0 spiro atoms. The van der Waals surface area contributed by atoms with Crippen molar-refractivity contribution in [1.82, 2.24) is 5.32 Å². The number of benzene rings is 1. The normalized spacial score (nSPS) is 14.2. The number of nitrogens with one attached hydrogen (secondary N) is 1. The summed E-state index contributed by atoms with van der Waals surface area (Å²) >= 11 is 7.66. The van der Waals surface area contributed by atoms with E-state index in [0.29, 0.717) is 16.4 Å². The molecule has 0 radical (unpaired) electrons. The van der Waals surface area contributed by atoms with Crippen molar-refractivity contribution in [2.75, 3.05) is 0 Å². The SMILES string of the molecule is CCC(C)C(C)NC(=O)c1ccc(Br)cc1S. The molecule has 0 aliphatic carbocycles. The highest BCUT2D eigenvalue weighted by atomic mass is 79.9. The van der Waals surface area contributed by atoms with Crippen LogP contribution in [0.1, 0.15) is 37.6 Å². The van der Waals surface area contributed by atoms with Gasteiger partial charge in [-0.25, -0.2) is 0 Å². The van der Waals surface area contributed by atoms with Gasteiger partial charge in [0.05, 0.1) is 5.56 Å². The summed E-state index contributed by atoms with van der Waals surface area (Å²) in [7, 11) is 0. The Morgan fingerprint density at radius 1 is 1.47 bits per heavy atom. The summed E-state index contributed by atoms with van der Waals surface area (Å²) in [5.41, 5.74) is 0.617. The zero-order chi connectivity index (χ0) is 13.0. The van der Waals surface area contributed by atoms with Gasteiger partial charge in [-0.3, -0.25) is 4.79 Å². The Morgan fingerprint density at radius 3 is 2.65 bits per heavy atom. The number of thiol groups is 1. The highest BCUT2D eigenvalue weighted by molar-refractivity contribution is 9.10. The van der Waals surface area contributed by atoms with Crippen LogP contribution in [0.5, 0.6) is 0 Å². The van der Waals surface area contributed by atoms with Gasteiger partial charge in [-0.2, -0.15) is 0 Å². The summed E-state index contributed by atoms with van der Waals surface area (Å²) in [5.74, 6) is 0.410. The van der Waals surface area contributed by atoms with E-state index in [0.717, 1.165) is 10.9 Å². The summed E-state index contributed by atoms with van der Waals surface area (Å²) < 4.78 is 0.925. The smallest absolute Gasteiger partial charge is 0.252 e. The van der Waals surface area contributed by atoms with Gasteiger partial charge in [-0.1, -0.05) is 36.2 Å². The molecule has 1 aromatic rings. The first-order chi connectivity index (χ1) is 7.95. The molecule has 1 aromatic carbocycles. The number of amides is 1. The van der Waals surface area contributed by atoms with Gasteiger partial charge in [-0.15, -0.1) is 12.6 Å². The van der Waals surface area contributed by atoms with E-state index in [1.165, 1.54) is 0 Å². The predicted molar refractivity (Wildman–Crippen MR) is 77.8 cm³/mol. The highest BCUT2D eigenvalue weighted by Gasteiger charge is 2.15. The Balaban J connectivity index is 2.76. The number of carbonyl (C=O) groups excluding carboxylic acids is 1. The fraction of sp³-hybridized carbons (Fsp3) is 0.462. The fourth-order valence-electron chi connectivity index (χ4n) is 1.48. The quantitative estimate of drug-likeness (QED) is 0.811. The lowest BCUT2D eigenvalue weighted by atomic mass is 10.0. The van der Waals surface area contributed by atoms with Crippen molar-refractivity contribution in [3.8, 4) is 0 Å². The second kappa shape index (κ2) is 6.45. The number of carbonyl (C=O) groups is 1. The molecule has 0 bridgehead atoms. The maximum absolute atomic E-state index is 12.0. The monoisotopic (exact) mass is 315 g/mol. The highest BCUT2D eigenvalue weighted by Crippen LogP contribution is 2.20. The molecule has 2 unspecified atom stereocenters. The van der Waals surface area contributed by atoms with Crippen molar-refractivity contribution in [3.63, 3.8) is 0 Å². The van der Waals surface area contributed by atoms with Gasteiger partial charge in [-0.05, 0) is 31.0 Å². The Morgan fingerprint density at radius 2 is 2.12 bits per heavy atom. The van der Waals surface area contributed by atoms with Crippen molar-refractivity contribution in [2.45, 2.75) is 38.1 Å². The molecule has 0 heterocycles. The minimum absolute atomic E-state index is 0.0599. The average molecular weight is 316 g/mol. The Labute approximate surface area is 117 Å². The van der Waals surface area contributed by atoms with Crippen molar-refractivity contribution in [2.24, 2.45) is 5.92 Å². The summed E-state index contributed by atoms with van der Waals surface area (Å²) in [5, 5.41) is 3.00.